The van der Waals surface area contributed by atoms with Gasteiger partial charge >= 0.3 is 5.97 Å². The molecule has 0 saturated carbocycles. The number of benzene rings is 2. The van der Waals surface area contributed by atoms with Gasteiger partial charge in [-0.05, 0) is 35.9 Å². The first kappa shape index (κ1) is 16.6. The Labute approximate surface area is 132 Å². The van der Waals surface area contributed by atoms with E-state index in [2.05, 4.69) is 10.1 Å². The maximum absolute atomic E-state index is 13.2. The highest BCUT2D eigenvalue weighted by molar-refractivity contribution is 5.94. The molecule has 23 heavy (non-hydrogen) atoms. The molecule has 0 radical (unpaired) electrons. The molecular weight excluding hydrogens is 304 g/mol. The van der Waals surface area contributed by atoms with E-state index in [1.54, 1.807) is 0 Å². The van der Waals surface area contributed by atoms with E-state index in [0.29, 0.717) is 5.56 Å². The Balaban J connectivity index is 2.21. The highest BCUT2D eigenvalue weighted by Crippen LogP contribution is 2.19. The van der Waals surface area contributed by atoms with Crippen molar-refractivity contribution >= 4 is 11.9 Å². The number of nitrogens with one attached hydrogen (secondary N) is 1. The predicted octanol–water partition coefficient (Wildman–Crippen LogP) is 3.00. The van der Waals surface area contributed by atoms with Crippen molar-refractivity contribution in [1.82, 2.24) is 5.32 Å². The van der Waals surface area contributed by atoms with Crippen LogP contribution in [0.15, 0.2) is 48.5 Å². The first-order valence-electron chi connectivity index (χ1n) is 6.88. The van der Waals surface area contributed by atoms with Crippen molar-refractivity contribution in [3.8, 4) is 0 Å². The van der Waals surface area contributed by atoms with E-state index >= 15 is 0 Å². The van der Waals surface area contributed by atoms with Crippen molar-refractivity contribution in [3.63, 3.8) is 0 Å². The molecule has 0 unspecified atom stereocenters. The van der Waals surface area contributed by atoms with E-state index in [-0.39, 0.29) is 12.0 Å². The molecule has 2 aromatic rings. The van der Waals surface area contributed by atoms with Crippen LogP contribution in [0, 0.1) is 11.6 Å². The molecule has 2 aromatic carbocycles. The summed E-state index contributed by atoms with van der Waals surface area (Å²) in [5.41, 5.74) is 0.670. The van der Waals surface area contributed by atoms with Gasteiger partial charge in [-0.25, -0.2) is 8.78 Å². The van der Waals surface area contributed by atoms with Crippen LogP contribution in [0.1, 0.15) is 28.4 Å². The van der Waals surface area contributed by atoms with Gasteiger partial charge in [0.25, 0.3) is 5.91 Å². The number of amides is 1. The normalized spacial score (nSPS) is 11.6. The maximum atomic E-state index is 13.2. The Kier molecular flexibility index (Phi) is 5.41. The van der Waals surface area contributed by atoms with Crippen LogP contribution in [0.3, 0.4) is 0 Å². The molecule has 0 aliphatic carbocycles. The third-order valence-electron chi connectivity index (χ3n) is 3.26. The largest absolute Gasteiger partial charge is 0.469 e. The molecule has 4 nitrogen and oxygen atoms in total. The van der Waals surface area contributed by atoms with Crippen molar-refractivity contribution in [3.05, 3.63) is 71.3 Å². The van der Waals surface area contributed by atoms with Gasteiger partial charge in [-0.3, -0.25) is 9.59 Å². The van der Waals surface area contributed by atoms with Crippen LogP contribution in [0.5, 0.6) is 0 Å². The lowest BCUT2D eigenvalue weighted by Crippen LogP contribution is -2.30. The summed E-state index contributed by atoms with van der Waals surface area (Å²) in [5.74, 6) is -2.03. The summed E-state index contributed by atoms with van der Waals surface area (Å²) >= 11 is 0. The average molecular weight is 319 g/mol. The van der Waals surface area contributed by atoms with Gasteiger partial charge < -0.3 is 10.1 Å². The minimum absolute atomic E-state index is 0.122. The summed E-state index contributed by atoms with van der Waals surface area (Å²) in [4.78, 5) is 23.7. The smallest absolute Gasteiger partial charge is 0.307 e. The van der Waals surface area contributed by atoms with Crippen LogP contribution < -0.4 is 5.32 Å². The fourth-order valence-electron chi connectivity index (χ4n) is 2.07. The standard InChI is InChI=1S/C17H15F2NO3/c1-23-16(21)10-15(11-5-7-13(18)8-6-11)20-17(22)12-3-2-4-14(19)9-12/h2-9,15H,10H2,1H3,(H,20,22)/t15-/m1/s1. The van der Waals surface area contributed by atoms with Crippen molar-refractivity contribution in [1.29, 1.82) is 0 Å². The summed E-state index contributed by atoms with van der Waals surface area (Å²) in [5, 5.41) is 2.63. The second-order valence-corrected chi connectivity index (χ2v) is 4.87. The van der Waals surface area contributed by atoms with Crippen LogP contribution in [0.2, 0.25) is 0 Å². The molecule has 0 spiro atoms. The maximum Gasteiger partial charge on any atom is 0.307 e. The number of carbonyl (C=O) groups is 2. The molecule has 1 N–H and O–H groups in total. The van der Waals surface area contributed by atoms with E-state index in [4.69, 9.17) is 0 Å². The van der Waals surface area contributed by atoms with Crippen molar-refractivity contribution < 1.29 is 23.1 Å². The Morgan fingerprint density at radius 3 is 2.39 bits per heavy atom. The van der Waals surface area contributed by atoms with Crippen molar-refractivity contribution in [2.45, 2.75) is 12.5 Å². The Morgan fingerprint density at radius 2 is 1.78 bits per heavy atom. The second kappa shape index (κ2) is 7.49. The van der Waals surface area contributed by atoms with E-state index in [9.17, 15) is 18.4 Å². The zero-order valence-corrected chi connectivity index (χ0v) is 12.4. The van der Waals surface area contributed by atoms with E-state index in [1.165, 1.54) is 49.6 Å². The van der Waals surface area contributed by atoms with Gasteiger partial charge in [0.2, 0.25) is 0 Å². The molecule has 1 atom stereocenters. The summed E-state index contributed by atoms with van der Waals surface area (Å²) < 4.78 is 30.8. The Bertz CT molecular complexity index is 701. The summed E-state index contributed by atoms with van der Waals surface area (Å²) in [6, 6.07) is 9.87. The van der Waals surface area contributed by atoms with Crippen LogP contribution in [0.25, 0.3) is 0 Å². The van der Waals surface area contributed by atoms with Gasteiger partial charge in [0.15, 0.2) is 0 Å². The molecule has 0 aromatic heterocycles. The second-order valence-electron chi connectivity index (χ2n) is 4.87. The molecule has 0 bridgehead atoms. The Hall–Kier alpha value is -2.76. The highest BCUT2D eigenvalue weighted by atomic mass is 19.1. The van der Waals surface area contributed by atoms with Crippen LogP contribution in [0.4, 0.5) is 8.78 Å². The lowest BCUT2D eigenvalue weighted by Gasteiger charge is -2.18. The zero-order chi connectivity index (χ0) is 16.8. The van der Waals surface area contributed by atoms with Crippen molar-refractivity contribution in [2.75, 3.05) is 7.11 Å². The van der Waals surface area contributed by atoms with E-state index in [1.807, 2.05) is 0 Å². The molecule has 0 aliphatic heterocycles. The first-order chi connectivity index (χ1) is 11.0. The van der Waals surface area contributed by atoms with E-state index in [0.717, 1.165) is 6.07 Å². The molecule has 0 heterocycles. The topological polar surface area (TPSA) is 55.4 Å². The van der Waals surface area contributed by atoms with Gasteiger partial charge in [0.1, 0.15) is 11.6 Å². The number of rotatable bonds is 5. The van der Waals surface area contributed by atoms with E-state index < -0.39 is 29.6 Å². The van der Waals surface area contributed by atoms with Gasteiger partial charge in [-0.2, -0.15) is 0 Å². The number of ether oxygens (including phenoxy) is 1. The lowest BCUT2D eigenvalue weighted by atomic mass is 10.0. The van der Waals surface area contributed by atoms with Crippen LogP contribution in [-0.2, 0) is 9.53 Å². The molecule has 1 amide bonds. The van der Waals surface area contributed by atoms with Crippen LogP contribution in [-0.4, -0.2) is 19.0 Å². The minimum Gasteiger partial charge on any atom is -0.469 e. The van der Waals surface area contributed by atoms with Gasteiger partial charge in [0.05, 0.1) is 19.6 Å². The van der Waals surface area contributed by atoms with Crippen LogP contribution >= 0.6 is 0 Å². The number of methoxy groups -OCH3 is 1. The zero-order valence-electron chi connectivity index (χ0n) is 12.4. The van der Waals surface area contributed by atoms with Gasteiger partial charge in [-0.15, -0.1) is 0 Å². The number of esters is 1. The quantitative estimate of drug-likeness (QED) is 0.862. The Morgan fingerprint density at radius 1 is 1.09 bits per heavy atom. The number of hydrogen-bond donors (Lipinski definition) is 1. The third kappa shape index (κ3) is 4.60. The number of carbonyl (C=O) groups excluding carboxylic acids is 2. The summed E-state index contributed by atoms with van der Waals surface area (Å²) in [6.07, 6.45) is -0.122. The molecule has 0 fully saturated rings. The van der Waals surface area contributed by atoms with Gasteiger partial charge in [-0.1, -0.05) is 18.2 Å². The monoisotopic (exact) mass is 319 g/mol. The minimum atomic E-state index is -0.709. The fraction of sp³-hybridized carbons (Fsp3) is 0.176. The molecule has 120 valence electrons. The molecule has 0 saturated heterocycles. The number of halogens is 2. The molecule has 2 rings (SSSR count). The predicted molar refractivity (Wildman–Crippen MR) is 79.6 cm³/mol. The SMILES string of the molecule is COC(=O)C[C@@H](NC(=O)c1cccc(F)c1)c1ccc(F)cc1. The first-order valence-corrected chi connectivity index (χ1v) is 6.88. The average Bonchev–Trinajstić information content (AvgIpc) is 2.54. The summed E-state index contributed by atoms with van der Waals surface area (Å²) in [7, 11) is 1.23. The third-order valence-corrected chi connectivity index (χ3v) is 3.26. The fourth-order valence-corrected chi connectivity index (χ4v) is 2.07. The van der Waals surface area contributed by atoms with Gasteiger partial charge in [0, 0.05) is 5.56 Å². The lowest BCUT2D eigenvalue weighted by molar-refractivity contribution is -0.141. The summed E-state index contributed by atoms with van der Waals surface area (Å²) in [6.45, 7) is 0. The molecular formula is C17H15F2NO3. The number of hydrogen-bond acceptors (Lipinski definition) is 3. The highest BCUT2D eigenvalue weighted by Gasteiger charge is 2.20. The molecule has 6 heteroatoms. The molecule has 0 aliphatic rings. The van der Waals surface area contributed by atoms with Crippen molar-refractivity contribution in [2.24, 2.45) is 0 Å².